The summed E-state index contributed by atoms with van der Waals surface area (Å²) in [7, 11) is 0. The molecular weight excluding hydrogens is 334 g/mol. The average Bonchev–Trinajstić information content (AvgIpc) is 2.74. The highest BCUT2D eigenvalue weighted by Gasteiger charge is 2.14. The molecule has 2 aromatic heterocycles. The Morgan fingerprint density at radius 3 is 2.33 bits per heavy atom. The van der Waals surface area contributed by atoms with Gasteiger partial charge < -0.3 is 5.32 Å². The van der Waals surface area contributed by atoms with E-state index in [9.17, 15) is 4.79 Å². The maximum Gasteiger partial charge on any atom is 0.270 e. The molecule has 0 spiro atoms. The maximum absolute atomic E-state index is 12.7. The van der Waals surface area contributed by atoms with E-state index in [1.54, 1.807) is 18.5 Å². The molecule has 4 heteroatoms. The van der Waals surface area contributed by atoms with Gasteiger partial charge in [0, 0.05) is 23.3 Å². The minimum absolute atomic E-state index is 0.0952. The van der Waals surface area contributed by atoms with Crippen molar-refractivity contribution in [1.82, 2.24) is 15.3 Å². The van der Waals surface area contributed by atoms with E-state index in [0.29, 0.717) is 5.69 Å². The number of rotatable bonds is 4. The Balaban J connectivity index is 1.68. The SMILES string of the molecule is C[C@@H](NC(=O)c1ccc2cncc(-c3ccccc3)c2n1)c1ccccc1. The highest BCUT2D eigenvalue weighted by molar-refractivity contribution is 5.98. The Bertz CT molecular complexity index is 1080. The second-order valence-corrected chi connectivity index (χ2v) is 6.43. The van der Waals surface area contributed by atoms with Gasteiger partial charge in [-0.15, -0.1) is 0 Å². The lowest BCUT2D eigenvalue weighted by atomic mass is 10.0. The minimum Gasteiger partial charge on any atom is -0.344 e. The van der Waals surface area contributed by atoms with Crippen LogP contribution in [0.3, 0.4) is 0 Å². The number of hydrogen-bond donors (Lipinski definition) is 1. The zero-order valence-corrected chi connectivity index (χ0v) is 15.0. The van der Waals surface area contributed by atoms with Gasteiger partial charge in [0.1, 0.15) is 5.69 Å². The zero-order chi connectivity index (χ0) is 18.6. The average molecular weight is 353 g/mol. The van der Waals surface area contributed by atoms with Crippen LogP contribution in [-0.4, -0.2) is 15.9 Å². The smallest absolute Gasteiger partial charge is 0.270 e. The Morgan fingerprint density at radius 2 is 1.59 bits per heavy atom. The lowest BCUT2D eigenvalue weighted by molar-refractivity contribution is 0.0935. The van der Waals surface area contributed by atoms with Crippen LogP contribution in [0.25, 0.3) is 22.0 Å². The number of nitrogens with zero attached hydrogens (tertiary/aromatic N) is 2. The summed E-state index contributed by atoms with van der Waals surface area (Å²) in [5.41, 5.74) is 4.17. The Kier molecular flexibility index (Phi) is 4.62. The largest absolute Gasteiger partial charge is 0.344 e. The quantitative estimate of drug-likeness (QED) is 0.574. The van der Waals surface area contributed by atoms with Crippen molar-refractivity contribution < 1.29 is 4.79 Å². The van der Waals surface area contributed by atoms with Gasteiger partial charge in [-0.2, -0.15) is 0 Å². The molecular formula is C23H19N3O. The number of aromatic nitrogens is 2. The monoisotopic (exact) mass is 353 g/mol. The van der Waals surface area contributed by atoms with Crippen molar-refractivity contribution in [2.24, 2.45) is 0 Å². The highest BCUT2D eigenvalue weighted by Crippen LogP contribution is 2.26. The van der Waals surface area contributed by atoms with Gasteiger partial charge in [-0.3, -0.25) is 9.78 Å². The molecule has 0 aliphatic heterocycles. The molecule has 1 amide bonds. The second kappa shape index (κ2) is 7.38. The third kappa shape index (κ3) is 3.55. The summed E-state index contributed by atoms with van der Waals surface area (Å²) in [6.45, 7) is 1.97. The van der Waals surface area contributed by atoms with Gasteiger partial charge in [0.15, 0.2) is 0 Å². The summed E-state index contributed by atoms with van der Waals surface area (Å²) in [5.74, 6) is -0.191. The maximum atomic E-state index is 12.7. The summed E-state index contributed by atoms with van der Waals surface area (Å²) >= 11 is 0. The highest BCUT2D eigenvalue weighted by atomic mass is 16.1. The first-order valence-electron chi connectivity index (χ1n) is 8.88. The fourth-order valence-corrected chi connectivity index (χ4v) is 3.09. The van der Waals surface area contributed by atoms with Crippen LogP contribution in [-0.2, 0) is 0 Å². The van der Waals surface area contributed by atoms with Gasteiger partial charge in [-0.1, -0.05) is 60.7 Å². The minimum atomic E-state index is -0.191. The number of benzene rings is 2. The molecule has 0 aliphatic carbocycles. The molecule has 0 radical (unpaired) electrons. The van der Waals surface area contributed by atoms with Gasteiger partial charge in [0.05, 0.1) is 11.6 Å². The molecule has 0 saturated heterocycles. The van der Waals surface area contributed by atoms with Crippen molar-refractivity contribution in [3.8, 4) is 11.1 Å². The number of hydrogen-bond acceptors (Lipinski definition) is 3. The Labute approximate surface area is 157 Å². The third-order valence-corrected chi connectivity index (χ3v) is 4.56. The van der Waals surface area contributed by atoms with Crippen molar-refractivity contribution in [1.29, 1.82) is 0 Å². The van der Waals surface area contributed by atoms with E-state index in [4.69, 9.17) is 0 Å². The van der Waals surface area contributed by atoms with E-state index in [1.807, 2.05) is 73.7 Å². The zero-order valence-electron chi connectivity index (χ0n) is 15.0. The Hall–Kier alpha value is -3.53. The van der Waals surface area contributed by atoms with Crippen LogP contribution in [0, 0.1) is 0 Å². The normalized spacial score (nSPS) is 11.9. The third-order valence-electron chi connectivity index (χ3n) is 4.56. The molecule has 4 rings (SSSR count). The summed E-state index contributed by atoms with van der Waals surface area (Å²) in [6.07, 6.45) is 3.56. The van der Waals surface area contributed by atoms with Gasteiger partial charge in [-0.25, -0.2) is 4.98 Å². The topological polar surface area (TPSA) is 54.9 Å². The molecule has 0 fully saturated rings. The van der Waals surface area contributed by atoms with E-state index in [2.05, 4.69) is 15.3 Å². The van der Waals surface area contributed by atoms with Crippen molar-refractivity contribution in [3.63, 3.8) is 0 Å². The van der Waals surface area contributed by atoms with E-state index in [-0.39, 0.29) is 11.9 Å². The molecule has 1 N–H and O–H groups in total. The second-order valence-electron chi connectivity index (χ2n) is 6.43. The summed E-state index contributed by atoms with van der Waals surface area (Å²) in [4.78, 5) is 21.7. The Morgan fingerprint density at radius 1 is 0.889 bits per heavy atom. The molecule has 1 atom stereocenters. The lowest BCUT2D eigenvalue weighted by Crippen LogP contribution is -2.27. The van der Waals surface area contributed by atoms with Crippen LogP contribution in [0.4, 0.5) is 0 Å². The molecule has 0 unspecified atom stereocenters. The molecule has 132 valence electrons. The van der Waals surface area contributed by atoms with E-state index < -0.39 is 0 Å². The molecule has 0 aliphatic rings. The van der Waals surface area contributed by atoms with E-state index in [1.165, 1.54) is 0 Å². The van der Waals surface area contributed by atoms with Crippen LogP contribution >= 0.6 is 0 Å². The van der Waals surface area contributed by atoms with Crippen LogP contribution < -0.4 is 5.32 Å². The predicted octanol–water partition coefficient (Wildman–Crippen LogP) is 4.79. The number of amides is 1. The van der Waals surface area contributed by atoms with Crippen LogP contribution in [0.5, 0.6) is 0 Å². The summed E-state index contributed by atoms with van der Waals surface area (Å²) in [6, 6.07) is 23.4. The van der Waals surface area contributed by atoms with Gasteiger partial charge >= 0.3 is 0 Å². The molecule has 0 bridgehead atoms. The van der Waals surface area contributed by atoms with Crippen LogP contribution in [0.1, 0.15) is 29.0 Å². The fraction of sp³-hybridized carbons (Fsp3) is 0.0870. The molecule has 2 heterocycles. The number of fused-ring (bicyclic) bond motifs is 1. The first kappa shape index (κ1) is 16.9. The fourth-order valence-electron chi connectivity index (χ4n) is 3.09. The predicted molar refractivity (Wildman–Crippen MR) is 107 cm³/mol. The molecule has 0 saturated carbocycles. The first-order valence-corrected chi connectivity index (χ1v) is 8.88. The van der Waals surface area contributed by atoms with Crippen LogP contribution in [0.15, 0.2) is 85.2 Å². The first-order chi connectivity index (χ1) is 13.2. The van der Waals surface area contributed by atoms with Crippen molar-refractivity contribution in [2.45, 2.75) is 13.0 Å². The van der Waals surface area contributed by atoms with Crippen molar-refractivity contribution in [3.05, 3.63) is 96.4 Å². The number of pyridine rings is 2. The molecule has 27 heavy (non-hydrogen) atoms. The number of carbonyl (C=O) groups is 1. The van der Waals surface area contributed by atoms with Gasteiger partial charge in [0.2, 0.25) is 0 Å². The van der Waals surface area contributed by atoms with E-state index >= 15 is 0 Å². The number of carbonyl (C=O) groups excluding carboxylic acids is 1. The summed E-state index contributed by atoms with van der Waals surface area (Å²) < 4.78 is 0. The lowest BCUT2D eigenvalue weighted by Gasteiger charge is -2.14. The standard InChI is InChI=1S/C23H19N3O/c1-16(17-8-4-2-5-9-17)25-23(27)21-13-12-19-14-24-15-20(22(19)26-21)18-10-6-3-7-11-18/h2-16H,1H3,(H,25,27)/t16-/m1/s1. The van der Waals surface area contributed by atoms with Gasteiger partial charge in [-0.05, 0) is 30.2 Å². The summed E-state index contributed by atoms with van der Waals surface area (Å²) in [5, 5.41) is 3.93. The van der Waals surface area contributed by atoms with E-state index in [0.717, 1.165) is 27.6 Å². The molecule has 4 aromatic rings. The number of nitrogens with one attached hydrogen (secondary N) is 1. The van der Waals surface area contributed by atoms with Gasteiger partial charge in [0.25, 0.3) is 5.91 Å². The molecule has 2 aromatic carbocycles. The van der Waals surface area contributed by atoms with Crippen molar-refractivity contribution >= 4 is 16.8 Å². The van der Waals surface area contributed by atoms with Crippen LogP contribution in [0.2, 0.25) is 0 Å². The van der Waals surface area contributed by atoms with Crippen molar-refractivity contribution in [2.75, 3.05) is 0 Å². The molecule has 4 nitrogen and oxygen atoms in total.